The van der Waals surface area contributed by atoms with E-state index >= 15 is 0 Å². The van der Waals surface area contributed by atoms with Crippen LogP contribution in [0.3, 0.4) is 0 Å². The third-order valence-corrected chi connectivity index (χ3v) is 1.98. The van der Waals surface area contributed by atoms with Gasteiger partial charge in [0.05, 0.1) is 18.1 Å². The Hall–Kier alpha value is -1.66. The van der Waals surface area contributed by atoms with Crippen molar-refractivity contribution in [2.45, 2.75) is 6.92 Å². The normalized spacial score (nSPS) is 9.12. The minimum Gasteiger partial charge on any atom is -0.462 e. The summed E-state index contributed by atoms with van der Waals surface area (Å²) in [6, 6.07) is 4.97. The number of anilines is 1. The highest BCUT2D eigenvalue weighted by Crippen LogP contribution is 2.14. The second kappa shape index (κ2) is 6.04. The zero-order valence-electron chi connectivity index (χ0n) is 8.92. The van der Waals surface area contributed by atoms with E-state index in [4.69, 9.17) is 22.1 Å². The molecule has 1 aromatic carbocycles. The Bertz CT molecular complexity index is 446. The molecule has 0 saturated heterocycles. The molecule has 0 heterocycles. The number of hydrogen-bond donors (Lipinski definition) is 1. The number of benzene rings is 1. The van der Waals surface area contributed by atoms with E-state index in [0.717, 1.165) is 0 Å². The van der Waals surface area contributed by atoms with Crippen molar-refractivity contribution in [3.63, 3.8) is 0 Å². The zero-order valence-corrected chi connectivity index (χ0v) is 9.67. The number of esters is 1. The van der Waals surface area contributed by atoms with Gasteiger partial charge in [-0.25, -0.2) is 4.79 Å². The maximum absolute atomic E-state index is 11.5. The lowest BCUT2D eigenvalue weighted by molar-refractivity contribution is 0.0527. The van der Waals surface area contributed by atoms with Crippen LogP contribution in [0.15, 0.2) is 18.2 Å². The Morgan fingerprint density at radius 3 is 2.94 bits per heavy atom. The van der Waals surface area contributed by atoms with Gasteiger partial charge in [0.15, 0.2) is 0 Å². The molecule has 0 aliphatic heterocycles. The van der Waals surface area contributed by atoms with E-state index in [1.54, 1.807) is 25.1 Å². The van der Waals surface area contributed by atoms with Crippen LogP contribution in [0.4, 0.5) is 5.69 Å². The number of ether oxygens (including phenoxy) is 1. The fraction of sp³-hybridized carbons (Fsp3) is 0.250. The first-order valence-electron chi connectivity index (χ1n) is 4.80. The molecular weight excluding hydrogens is 226 g/mol. The van der Waals surface area contributed by atoms with Crippen LogP contribution in [0.25, 0.3) is 0 Å². The Labute approximate surface area is 99.5 Å². The summed E-state index contributed by atoms with van der Waals surface area (Å²) in [5.74, 6) is 5.33. The molecule has 0 fully saturated rings. The van der Waals surface area contributed by atoms with Crippen LogP contribution in [-0.4, -0.2) is 18.5 Å². The minimum absolute atomic E-state index is 0.249. The number of rotatable bonds is 2. The molecule has 0 radical (unpaired) electrons. The molecule has 0 aliphatic carbocycles. The molecule has 1 rings (SSSR count). The molecule has 2 N–H and O–H groups in total. The van der Waals surface area contributed by atoms with Crippen molar-refractivity contribution in [2.24, 2.45) is 0 Å². The minimum atomic E-state index is -0.436. The Morgan fingerprint density at radius 1 is 1.56 bits per heavy atom. The lowest BCUT2D eigenvalue weighted by atomic mass is 10.1. The van der Waals surface area contributed by atoms with E-state index < -0.39 is 5.97 Å². The molecule has 1 aromatic rings. The van der Waals surface area contributed by atoms with Crippen molar-refractivity contribution in [1.82, 2.24) is 0 Å². The van der Waals surface area contributed by atoms with Gasteiger partial charge in [-0.1, -0.05) is 11.8 Å². The van der Waals surface area contributed by atoms with Gasteiger partial charge in [0, 0.05) is 11.3 Å². The molecule has 3 nitrogen and oxygen atoms in total. The molecule has 0 aliphatic rings. The van der Waals surface area contributed by atoms with Gasteiger partial charge in [-0.3, -0.25) is 0 Å². The highest BCUT2D eigenvalue weighted by Gasteiger charge is 2.10. The van der Waals surface area contributed by atoms with Crippen molar-refractivity contribution in [3.05, 3.63) is 29.3 Å². The van der Waals surface area contributed by atoms with E-state index in [2.05, 4.69) is 11.8 Å². The van der Waals surface area contributed by atoms with Gasteiger partial charge in [-0.05, 0) is 25.1 Å². The number of hydrogen-bond acceptors (Lipinski definition) is 3. The molecule has 0 unspecified atom stereocenters. The maximum atomic E-state index is 11.5. The quantitative estimate of drug-likeness (QED) is 0.371. The summed E-state index contributed by atoms with van der Waals surface area (Å²) >= 11 is 5.44. The van der Waals surface area contributed by atoms with Crippen molar-refractivity contribution in [3.8, 4) is 11.8 Å². The van der Waals surface area contributed by atoms with Crippen molar-refractivity contribution < 1.29 is 9.53 Å². The Morgan fingerprint density at radius 2 is 2.31 bits per heavy atom. The van der Waals surface area contributed by atoms with Gasteiger partial charge < -0.3 is 10.5 Å². The second-order valence-electron chi connectivity index (χ2n) is 2.96. The maximum Gasteiger partial charge on any atom is 0.340 e. The van der Waals surface area contributed by atoms with Crippen LogP contribution in [0.2, 0.25) is 0 Å². The summed E-state index contributed by atoms with van der Waals surface area (Å²) in [6.07, 6.45) is 0. The number of carbonyl (C=O) groups excluding carboxylic acids is 1. The molecule has 4 heteroatoms. The van der Waals surface area contributed by atoms with Crippen molar-refractivity contribution >= 4 is 23.3 Å². The third kappa shape index (κ3) is 3.18. The highest BCUT2D eigenvalue weighted by atomic mass is 35.5. The van der Waals surface area contributed by atoms with E-state index in [9.17, 15) is 4.79 Å². The number of nitrogens with two attached hydrogens (primary N) is 1. The first-order valence-corrected chi connectivity index (χ1v) is 5.34. The van der Waals surface area contributed by atoms with Crippen LogP contribution in [0, 0.1) is 11.8 Å². The zero-order chi connectivity index (χ0) is 12.0. The van der Waals surface area contributed by atoms with Crippen LogP contribution in [0.1, 0.15) is 22.8 Å². The SMILES string of the molecule is CCOC(=O)c1cc(C#CCCl)ccc1N. The molecule has 0 amide bonds. The molecule has 0 saturated carbocycles. The molecule has 0 aromatic heterocycles. The largest absolute Gasteiger partial charge is 0.462 e. The van der Waals surface area contributed by atoms with Gasteiger partial charge in [0.25, 0.3) is 0 Å². The summed E-state index contributed by atoms with van der Waals surface area (Å²) in [6.45, 7) is 2.06. The van der Waals surface area contributed by atoms with Crippen molar-refractivity contribution in [1.29, 1.82) is 0 Å². The highest BCUT2D eigenvalue weighted by molar-refractivity contribution is 6.19. The Balaban J connectivity index is 3.03. The predicted molar refractivity (Wildman–Crippen MR) is 64.4 cm³/mol. The van der Waals surface area contributed by atoms with Crippen LogP contribution >= 0.6 is 11.6 Å². The molecule has 84 valence electrons. The monoisotopic (exact) mass is 237 g/mol. The molecule has 0 bridgehead atoms. The first kappa shape index (κ1) is 12.4. The number of nitrogen functional groups attached to an aromatic ring is 1. The average Bonchev–Trinajstić information content (AvgIpc) is 2.28. The fourth-order valence-corrected chi connectivity index (χ4v) is 1.22. The van der Waals surface area contributed by atoms with Crippen LogP contribution in [0.5, 0.6) is 0 Å². The van der Waals surface area contributed by atoms with Gasteiger partial charge >= 0.3 is 5.97 Å². The summed E-state index contributed by atoms with van der Waals surface area (Å²) in [4.78, 5) is 11.5. The fourth-order valence-electron chi connectivity index (χ4n) is 1.16. The van der Waals surface area contributed by atoms with Gasteiger partial charge in [0.2, 0.25) is 0 Å². The molecule has 0 atom stereocenters. The predicted octanol–water partition coefficient (Wildman–Crippen LogP) is 2.04. The third-order valence-electron chi connectivity index (χ3n) is 1.85. The lowest BCUT2D eigenvalue weighted by Crippen LogP contribution is -2.08. The summed E-state index contributed by atoms with van der Waals surface area (Å²) < 4.78 is 4.88. The standard InChI is InChI=1S/C12H12ClNO2/c1-2-16-12(15)10-8-9(4-3-7-13)5-6-11(10)14/h5-6,8H,2,7,14H2,1H3. The number of alkyl halides is 1. The molecule has 0 spiro atoms. The van der Waals surface area contributed by atoms with Crippen LogP contribution < -0.4 is 5.73 Å². The molecule has 16 heavy (non-hydrogen) atoms. The van der Waals surface area contributed by atoms with E-state index in [1.165, 1.54) is 0 Å². The number of carbonyl (C=O) groups is 1. The number of halogens is 1. The lowest BCUT2D eigenvalue weighted by Gasteiger charge is -2.05. The summed E-state index contributed by atoms with van der Waals surface area (Å²) in [5, 5.41) is 0. The van der Waals surface area contributed by atoms with Gasteiger partial charge in [0.1, 0.15) is 0 Å². The van der Waals surface area contributed by atoms with Gasteiger partial charge in [-0.2, -0.15) is 0 Å². The van der Waals surface area contributed by atoms with Crippen LogP contribution in [-0.2, 0) is 4.74 Å². The van der Waals surface area contributed by atoms with E-state index in [-0.39, 0.29) is 5.88 Å². The Kier molecular flexibility index (Phi) is 4.68. The van der Waals surface area contributed by atoms with E-state index in [0.29, 0.717) is 23.4 Å². The second-order valence-corrected chi connectivity index (χ2v) is 3.23. The summed E-state index contributed by atoms with van der Waals surface area (Å²) in [7, 11) is 0. The van der Waals surface area contributed by atoms with Gasteiger partial charge in [-0.15, -0.1) is 11.6 Å². The average molecular weight is 238 g/mol. The van der Waals surface area contributed by atoms with Crippen molar-refractivity contribution in [2.75, 3.05) is 18.2 Å². The first-order chi connectivity index (χ1) is 7.69. The molecular formula is C12H12ClNO2. The summed E-state index contributed by atoms with van der Waals surface area (Å²) in [5.41, 5.74) is 7.09. The smallest absolute Gasteiger partial charge is 0.340 e. The topological polar surface area (TPSA) is 52.3 Å². The van der Waals surface area contributed by atoms with E-state index in [1.807, 2.05) is 0 Å².